The topological polar surface area (TPSA) is 86.8 Å². The fourth-order valence-corrected chi connectivity index (χ4v) is 5.82. The first kappa shape index (κ1) is 30.5. The zero-order valence-corrected chi connectivity index (χ0v) is 24.6. The average molecular weight is 591 g/mol. The molecule has 0 aliphatic carbocycles. The van der Waals surface area contributed by atoms with Gasteiger partial charge in [-0.25, -0.2) is 8.42 Å². The molecule has 7 nitrogen and oxygen atoms in total. The smallest absolute Gasteiger partial charge is 0.264 e. The van der Waals surface area contributed by atoms with Crippen molar-refractivity contribution in [2.45, 2.75) is 51.1 Å². The third-order valence-corrected chi connectivity index (χ3v) is 8.75. The highest BCUT2D eigenvalue weighted by Gasteiger charge is 2.33. The summed E-state index contributed by atoms with van der Waals surface area (Å²) in [6, 6.07) is 18.9. The molecule has 10 heteroatoms. The van der Waals surface area contributed by atoms with E-state index in [0.29, 0.717) is 33.4 Å². The lowest BCUT2D eigenvalue weighted by molar-refractivity contribution is -0.139. The van der Waals surface area contributed by atoms with Crippen molar-refractivity contribution in [3.8, 4) is 0 Å². The Kier molecular flexibility index (Phi) is 10.8. The van der Waals surface area contributed by atoms with Gasteiger partial charge in [0.25, 0.3) is 10.0 Å². The summed E-state index contributed by atoms with van der Waals surface area (Å²) >= 11 is 12.4. The van der Waals surface area contributed by atoms with Crippen molar-refractivity contribution < 1.29 is 18.0 Å². The van der Waals surface area contributed by atoms with Crippen molar-refractivity contribution >= 4 is 50.7 Å². The van der Waals surface area contributed by atoms with Crippen LogP contribution in [0.1, 0.15) is 37.8 Å². The molecule has 3 aromatic carbocycles. The summed E-state index contributed by atoms with van der Waals surface area (Å²) in [5.41, 5.74) is 1.67. The normalized spacial score (nSPS) is 12.0. The number of nitrogens with one attached hydrogen (secondary N) is 1. The van der Waals surface area contributed by atoms with Crippen LogP contribution in [-0.2, 0) is 26.2 Å². The number of halogens is 2. The van der Waals surface area contributed by atoms with Gasteiger partial charge in [-0.2, -0.15) is 0 Å². The molecule has 0 aromatic heterocycles. The third-order valence-electron chi connectivity index (χ3n) is 6.36. The van der Waals surface area contributed by atoms with Crippen LogP contribution in [0.25, 0.3) is 0 Å². The molecule has 0 saturated carbocycles. The van der Waals surface area contributed by atoms with Gasteiger partial charge in [-0.1, -0.05) is 72.9 Å². The summed E-state index contributed by atoms with van der Waals surface area (Å²) in [5, 5.41) is 3.70. The van der Waals surface area contributed by atoms with Gasteiger partial charge in [0.1, 0.15) is 12.6 Å². The van der Waals surface area contributed by atoms with E-state index in [2.05, 4.69) is 5.32 Å². The summed E-state index contributed by atoms with van der Waals surface area (Å²) in [5.74, 6) is -0.874. The minimum absolute atomic E-state index is 0.00837. The molecular formula is C29H33Cl2N3O4S. The SMILES string of the molecule is CCCCNC(=O)C(C)N(Cc1ccccc1Cl)C(=O)CN(c1ccccc1C)S(=O)(=O)c1ccc(Cl)cc1. The van der Waals surface area contributed by atoms with Crippen LogP contribution in [0, 0.1) is 6.92 Å². The minimum Gasteiger partial charge on any atom is -0.354 e. The highest BCUT2D eigenvalue weighted by Crippen LogP contribution is 2.28. The lowest BCUT2D eigenvalue weighted by Crippen LogP contribution is -2.51. The molecule has 3 rings (SSSR count). The van der Waals surface area contributed by atoms with Crippen molar-refractivity contribution in [2.24, 2.45) is 0 Å². The van der Waals surface area contributed by atoms with Crippen LogP contribution >= 0.6 is 23.2 Å². The summed E-state index contributed by atoms with van der Waals surface area (Å²) < 4.78 is 28.8. The van der Waals surface area contributed by atoms with Gasteiger partial charge in [0, 0.05) is 23.1 Å². The van der Waals surface area contributed by atoms with Crippen molar-refractivity contribution in [1.82, 2.24) is 10.2 Å². The first-order chi connectivity index (χ1) is 18.6. The Morgan fingerprint density at radius 3 is 2.23 bits per heavy atom. The van der Waals surface area contributed by atoms with E-state index in [0.717, 1.165) is 17.1 Å². The van der Waals surface area contributed by atoms with Gasteiger partial charge in [-0.3, -0.25) is 13.9 Å². The standard InChI is InChI=1S/C29H33Cl2N3O4S/c1-4-5-18-32-29(36)22(3)33(19-23-11-7-8-12-26(23)31)28(35)20-34(27-13-9-6-10-21(27)2)39(37,38)25-16-14-24(30)15-17-25/h6-17,22H,4-5,18-20H2,1-3H3,(H,32,36). The lowest BCUT2D eigenvalue weighted by atomic mass is 10.1. The molecule has 0 fully saturated rings. The number of nitrogens with zero attached hydrogens (tertiary/aromatic N) is 2. The van der Waals surface area contributed by atoms with Crippen molar-refractivity contribution in [2.75, 3.05) is 17.4 Å². The number of para-hydroxylation sites is 1. The molecule has 39 heavy (non-hydrogen) atoms. The predicted molar refractivity (Wildman–Crippen MR) is 157 cm³/mol. The molecule has 1 N–H and O–H groups in total. The van der Waals surface area contributed by atoms with Crippen molar-refractivity contribution in [3.63, 3.8) is 0 Å². The highest BCUT2D eigenvalue weighted by molar-refractivity contribution is 7.92. The van der Waals surface area contributed by atoms with E-state index in [1.54, 1.807) is 62.4 Å². The van der Waals surface area contributed by atoms with Crippen LogP contribution in [0.4, 0.5) is 5.69 Å². The van der Waals surface area contributed by atoms with Crippen molar-refractivity contribution in [3.05, 3.63) is 94.0 Å². The monoisotopic (exact) mass is 589 g/mol. The minimum atomic E-state index is -4.17. The van der Waals surface area contributed by atoms with Crippen LogP contribution in [0.2, 0.25) is 10.0 Å². The molecule has 3 aromatic rings. The van der Waals surface area contributed by atoms with Gasteiger partial charge in [0.05, 0.1) is 10.6 Å². The van der Waals surface area contributed by atoms with Crippen LogP contribution in [-0.4, -0.2) is 44.3 Å². The number of sulfonamides is 1. The van der Waals surface area contributed by atoms with Crippen LogP contribution in [0.3, 0.4) is 0 Å². The summed E-state index contributed by atoms with van der Waals surface area (Å²) in [6.07, 6.45) is 1.71. The second-order valence-electron chi connectivity index (χ2n) is 9.19. The number of hydrogen-bond acceptors (Lipinski definition) is 4. The molecule has 0 bridgehead atoms. The number of rotatable bonds is 12. The largest absolute Gasteiger partial charge is 0.354 e. The average Bonchev–Trinajstić information content (AvgIpc) is 2.91. The number of carbonyl (C=O) groups excluding carboxylic acids is 2. The molecule has 208 valence electrons. The summed E-state index contributed by atoms with van der Waals surface area (Å²) in [4.78, 5) is 28.3. The molecule has 0 heterocycles. The molecule has 0 aliphatic rings. The fraction of sp³-hybridized carbons (Fsp3) is 0.310. The van der Waals surface area contributed by atoms with Crippen LogP contribution < -0.4 is 9.62 Å². The molecule has 2 amide bonds. The molecule has 0 spiro atoms. The fourth-order valence-electron chi connectivity index (χ4n) is 4.02. The predicted octanol–water partition coefficient (Wildman–Crippen LogP) is 5.83. The molecule has 0 radical (unpaired) electrons. The first-order valence-electron chi connectivity index (χ1n) is 12.7. The number of carbonyl (C=O) groups is 2. The second kappa shape index (κ2) is 13.8. The van der Waals surface area contributed by atoms with Gasteiger partial charge in [0.15, 0.2) is 0 Å². The van der Waals surface area contributed by atoms with E-state index >= 15 is 0 Å². The number of hydrogen-bond donors (Lipinski definition) is 1. The Hall–Kier alpha value is -3.07. The van der Waals surface area contributed by atoms with Gasteiger partial charge < -0.3 is 10.2 Å². The molecule has 0 saturated heterocycles. The number of aryl methyl sites for hydroxylation is 1. The summed E-state index contributed by atoms with van der Waals surface area (Å²) in [7, 11) is -4.17. The first-order valence-corrected chi connectivity index (χ1v) is 14.9. The maximum Gasteiger partial charge on any atom is 0.264 e. The number of benzene rings is 3. The van der Waals surface area contributed by atoms with E-state index in [9.17, 15) is 18.0 Å². The maximum absolute atomic E-state index is 13.9. The van der Waals surface area contributed by atoms with Crippen molar-refractivity contribution in [1.29, 1.82) is 0 Å². The summed E-state index contributed by atoms with van der Waals surface area (Å²) in [6.45, 7) is 5.41. The Labute approximate surface area is 240 Å². The highest BCUT2D eigenvalue weighted by atomic mass is 35.5. The Balaban J connectivity index is 2.02. The molecule has 1 atom stereocenters. The Morgan fingerprint density at radius 1 is 0.949 bits per heavy atom. The van der Waals surface area contributed by atoms with E-state index in [4.69, 9.17) is 23.2 Å². The Bertz CT molecular complexity index is 1400. The van der Waals surface area contributed by atoms with Gasteiger partial charge in [-0.15, -0.1) is 0 Å². The third kappa shape index (κ3) is 7.75. The van der Waals surface area contributed by atoms with E-state index in [1.165, 1.54) is 29.2 Å². The van der Waals surface area contributed by atoms with E-state index < -0.39 is 28.5 Å². The Morgan fingerprint density at radius 2 is 1.59 bits per heavy atom. The number of anilines is 1. The van der Waals surface area contributed by atoms with E-state index in [1.807, 2.05) is 6.92 Å². The van der Waals surface area contributed by atoms with Crippen LogP contribution in [0.5, 0.6) is 0 Å². The molecular weight excluding hydrogens is 557 g/mol. The second-order valence-corrected chi connectivity index (χ2v) is 11.9. The molecule has 1 unspecified atom stereocenters. The zero-order chi connectivity index (χ0) is 28.6. The maximum atomic E-state index is 13.9. The van der Waals surface area contributed by atoms with Gasteiger partial charge in [-0.05, 0) is 67.8 Å². The van der Waals surface area contributed by atoms with E-state index in [-0.39, 0.29) is 17.3 Å². The number of unbranched alkanes of at least 4 members (excludes halogenated alkanes) is 1. The lowest BCUT2D eigenvalue weighted by Gasteiger charge is -2.32. The quantitative estimate of drug-likeness (QED) is 0.269. The zero-order valence-electron chi connectivity index (χ0n) is 22.2. The van der Waals surface area contributed by atoms with Gasteiger partial charge in [0.2, 0.25) is 11.8 Å². The van der Waals surface area contributed by atoms with Gasteiger partial charge >= 0.3 is 0 Å². The van der Waals surface area contributed by atoms with Crippen LogP contribution in [0.15, 0.2) is 77.7 Å². The molecule has 0 aliphatic heterocycles. The number of amides is 2.